The maximum absolute atomic E-state index is 13.2. The molecule has 0 atom stereocenters. The van der Waals surface area contributed by atoms with Crippen LogP contribution in [0.5, 0.6) is 0 Å². The Hall–Kier alpha value is -1.40. The van der Waals surface area contributed by atoms with Crippen molar-refractivity contribution < 1.29 is 14.3 Å². The number of piperidine rings is 1. The molecule has 2 saturated heterocycles. The molecule has 5 nitrogen and oxygen atoms in total. The highest BCUT2D eigenvalue weighted by atomic mass is 32.1. The first-order valence-electron chi connectivity index (χ1n) is 7.84. The molecule has 0 spiro atoms. The van der Waals surface area contributed by atoms with Gasteiger partial charge in [0.05, 0.1) is 5.41 Å². The third kappa shape index (κ3) is 2.77. The van der Waals surface area contributed by atoms with Crippen LogP contribution in [0.3, 0.4) is 0 Å². The first kappa shape index (κ1) is 15.5. The maximum atomic E-state index is 13.2. The lowest BCUT2D eigenvalue weighted by Gasteiger charge is -2.41. The fourth-order valence-corrected chi connectivity index (χ4v) is 4.48. The topological polar surface area (TPSA) is 72.6 Å². The van der Waals surface area contributed by atoms with Crippen molar-refractivity contribution in [2.75, 3.05) is 26.3 Å². The van der Waals surface area contributed by atoms with E-state index in [-0.39, 0.29) is 17.7 Å². The Kier molecular flexibility index (Phi) is 4.49. The minimum atomic E-state index is -0.439. The summed E-state index contributed by atoms with van der Waals surface area (Å²) in [6, 6.07) is 4.06. The average Bonchev–Trinajstić information content (AvgIpc) is 3.10. The molecule has 2 N–H and O–H groups in total. The quantitative estimate of drug-likeness (QED) is 0.917. The van der Waals surface area contributed by atoms with E-state index in [1.165, 1.54) is 0 Å². The van der Waals surface area contributed by atoms with Crippen LogP contribution in [-0.4, -0.2) is 43.0 Å². The van der Waals surface area contributed by atoms with Crippen LogP contribution < -0.4 is 5.73 Å². The molecule has 0 radical (unpaired) electrons. The lowest BCUT2D eigenvalue weighted by molar-refractivity contribution is -0.143. The Bertz CT molecular complexity index is 530. The first-order valence-corrected chi connectivity index (χ1v) is 8.72. The second-order valence-corrected chi connectivity index (χ2v) is 7.09. The zero-order valence-corrected chi connectivity index (χ0v) is 13.4. The maximum Gasteiger partial charge on any atom is 0.234 e. The number of carbonyl (C=O) groups excluding carboxylic acids is 2. The van der Waals surface area contributed by atoms with Gasteiger partial charge in [0.15, 0.2) is 0 Å². The molecule has 22 heavy (non-hydrogen) atoms. The van der Waals surface area contributed by atoms with Crippen LogP contribution >= 0.6 is 11.3 Å². The van der Waals surface area contributed by atoms with E-state index in [1.54, 1.807) is 11.3 Å². The molecular weight excluding hydrogens is 300 g/mol. The fraction of sp³-hybridized carbons (Fsp3) is 0.625. The zero-order chi connectivity index (χ0) is 15.6. The summed E-state index contributed by atoms with van der Waals surface area (Å²) in [5.41, 5.74) is 4.94. The summed E-state index contributed by atoms with van der Waals surface area (Å²) in [7, 11) is 0. The zero-order valence-electron chi connectivity index (χ0n) is 12.6. The van der Waals surface area contributed by atoms with E-state index in [2.05, 4.69) is 6.07 Å². The lowest BCUT2D eigenvalue weighted by Crippen LogP contribution is -2.52. The number of rotatable bonds is 3. The van der Waals surface area contributed by atoms with Crippen molar-refractivity contribution in [2.45, 2.75) is 31.1 Å². The van der Waals surface area contributed by atoms with Gasteiger partial charge in [-0.05, 0) is 37.1 Å². The Morgan fingerprint density at radius 1 is 1.27 bits per heavy atom. The third-order valence-corrected chi connectivity index (χ3v) is 6.01. The third-order valence-electron chi connectivity index (χ3n) is 4.93. The molecule has 6 heteroatoms. The number of primary amides is 1. The summed E-state index contributed by atoms with van der Waals surface area (Å²) in [5, 5.41) is 2.03. The van der Waals surface area contributed by atoms with Crippen molar-refractivity contribution in [3.05, 3.63) is 22.4 Å². The van der Waals surface area contributed by atoms with Gasteiger partial charge in [-0.3, -0.25) is 9.59 Å². The summed E-state index contributed by atoms with van der Waals surface area (Å²) >= 11 is 1.65. The van der Waals surface area contributed by atoms with Gasteiger partial charge in [-0.15, -0.1) is 11.3 Å². The summed E-state index contributed by atoms with van der Waals surface area (Å²) in [6.45, 7) is 2.50. The molecule has 0 bridgehead atoms. The number of hydrogen-bond donors (Lipinski definition) is 1. The lowest BCUT2D eigenvalue weighted by atomic mass is 9.77. The monoisotopic (exact) mass is 322 g/mol. The van der Waals surface area contributed by atoms with E-state index in [4.69, 9.17) is 10.5 Å². The molecule has 3 rings (SSSR count). The van der Waals surface area contributed by atoms with E-state index >= 15 is 0 Å². The van der Waals surface area contributed by atoms with Crippen molar-refractivity contribution in [3.8, 4) is 0 Å². The highest BCUT2D eigenvalue weighted by molar-refractivity contribution is 7.10. The predicted molar refractivity (Wildman–Crippen MR) is 84.5 cm³/mol. The number of nitrogens with two attached hydrogens (primary N) is 1. The van der Waals surface area contributed by atoms with Crippen LogP contribution in [0, 0.1) is 5.92 Å². The molecule has 0 aliphatic carbocycles. The van der Waals surface area contributed by atoms with Gasteiger partial charge in [0.25, 0.3) is 0 Å². The molecule has 1 aromatic heterocycles. The molecule has 2 aliphatic heterocycles. The van der Waals surface area contributed by atoms with Crippen molar-refractivity contribution in [1.82, 2.24) is 4.90 Å². The van der Waals surface area contributed by atoms with E-state index in [0.717, 1.165) is 17.7 Å². The van der Waals surface area contributed by atoms with E-state index in [9.17, 15) is 9.59 Å². The molecule has 3 heterocycles. The van der Waals surface area contributed by atoms with Crippen LogP contribution in [-0.2, 0) is 19.7 Å². The normalized spacial score (nSPS) is 22.5. The van der Waals surface area contributed by atoms with Gasteiger partial charge in [0, 0.05) is 37.1 Å². The van der Waals surface area contributed by atoms with Crippen LogP contribution in [0.25, 0.3) is 0 Å². The Labute approximate surface area is 134 Å². The number of ether oxygens (including phenoxy) is 1. The highest BCUT2D eigenvalue weighted by Gasteiger charge is 2.45. The summed E-state index contributed by atoms with van der Waals surface area (Å²) < 4.78 is 5.48. The molecule has 2 fully saturated rings. The van der Waals surface area contributed by atoms with Gasteiger partial charge in [0.2, 0.25) is 11.8 Å². The number of carbonyl (C=O) groups is 2. The molecular formula is C16H22N2O3S. The van der Waals surface area contributed by atoms with E-state index in [0.29, 0.717) is 39.1 Å². The second kappa shape index (κ2) is 6.38. The second-order valence-electron chi connectivity index (χ2n) is 6.14. The Morgan fingerprint density at radius 3 is 2.50 bits per heavy atom. The van der Waals surface area contributed by atoms with Crippen molar-refractivity contribution in [1.29, 1.82) is 0 Å². The molecule has 120 valence electrons. The van der Waals surface area contributed by atoms with Crippen LogP contribution in [0.2, 0.25) is 0 Å². The molecule has 2 aliphatic rings. The molecule has 0 unspecified atom stereocenters. The van der Waals surface area contributed by atoms with Gasteiger partial charge >= 0.3 is 0 Å². The molecule has 0 aromatic carbocycles. The number of amides is 2. The van der Waals surface area contributed by atoms with Crippen LogP contribution in [0.4, 0.5) is 0 Å². The van der Waals surface area contributed by atoms with Gasteiger partial charge < -0.3 is 15.4 Å². The molecule has 1 aromatic rings. The number of thiophene rings is 1. The summed E-state index contributed by atoms with van der Waals surface area (Å²) in [4.78, 5) is 27.6. The Morgan fingerprint density at radius 2 is 1.95 bits per heavy atom. The summed E-state index contributed by atoms with van der Waals surface area (Å²) in [5.74, 6) is -0.135. The van der Waals surface area contributed by atoms with Crippen molar-refractivity contribution in [2.24, 2.45) is 11.7 Å². The first-order chi connectivity index (χ1) is 10.6. The van der Waals surface area contributed by atoms with Gasteiger partial charge in [-0.2, -0.15) is 0 Å². The molecule has 2 amide bonds. The van der Waals surface area contributed by atoms with Crippen LogP contribution in [0.15, 0.2) is 17.5 Å². The number of nitrogens with zero attached hydrogens (tertiary/aromatic N) is 1. The van der Waals surface area contributed by atoms with E-state index in [1.807, 2.05) is 16.3 Å². The highest BCUT2D eigenvalue weighted by Crippen LogP contribution is 2.40. The number of likely N-dealkylation sites (tertiary alicyclic amines) is 1. The van der Waals surface area contributed by atoms with Gasteiger partial charge in [-0.25, -0.2) is 0 Å². The SMILES string of the molecule is NC(=O)C1CCN(C(=O)C2(c3cccs3)CCOCC2)CC1. The van der Waals surface area contributed by atoms with Crippen molar-refractivity contribution >= 4 is 23.2 Å². The Balaban J connectivity index is 1.78. The standard InChI is InChI=1S/C16H22N2O3S/c17-14(19)12-3-7-18(8-4-12)15(20)16(5-9-21-10-6-16)13-2-1-11-22-13/h1-2,11-12H,3-10H2,(H2,17,19). The minimum Gasteiger partial charge on any atom is -0.381 e. The average molecular weight is 322 g/mol. The van der Waals surface area contributed by atoms with Crippen molar-refractivity contribution in [3.63, 3.8) is 0 Å². The van der Waals surface area contributed by atoms with E-state index < -0.39 is 5.41 Å². The van der Waals surface area contributed by atoms with Crippen LogP contribution in [0.1, 0.15) is 30.6 Å². The molecule has 0 saturated carbocycles. The predicted octanol–water partition coefficient (Wildman–Crippen LogP) is 1.52. The van der Waals surface area contributed by atoms with Gasteiger partial charge in [0.1, 0.15) is 0 Å². The summed E-state index contributed by atoms with van der Waals surface area (Å²) in [6.07, 6.45) is 2.83. The number of hydrogen-bond acceptors (Lipinski definition) is 4. The fourth-order valence-electron chi connectivity index (χ4n) is 3.51. The minimum absolute atomic E-state index is 0.0866. The largest absolute Gasteiger partial charge is 0.381 e. The smallest absolute Gasteiger partial charge is 0.234 e. The van der Waals surface area contributed by atoms with Gasteiger partial charge in [-0.1, -0.05) is 6.07 Å².